The van der Waals surface area contributed by atoms with Gasteiger partial charge in [-0.25, -0.2) is 0 Å². The third kappa shape index (κ3) is 3.31. The lowest BCUT2D eigenvalue weighted by Crippen LogP contribution is -2.52. The highest BCUT2D eigenvalue weighted by molar-refractivity contribution is 5.15. The van der Waals surface area contributed by atoms with Crippen LogP contribution in [0.25, 0.3) is 0 Å². The third-order valence-corrected chi connectivity index (χ3v) is 3.48. The number of hydrogen-bond donors (Lipinski definition) is 1. The summed E-state index contributed by atoms with van der Waals surface area (Å²) in [5, 5.41) is 0. The summed E-state index contributed by atoms with van der Waals surface area (Å²) in [6, 6.07) is 2.03. The van der Waals surface area contributed by atoms with Gasteiger partial charge >= 0.3 is 0 Å². The number of nitrogens with two attached hydrogens (primary N) is 1. The van der Waals surface area contributed by atoms with Crippen molar-refractivity contribution in [1.29, 1.82) is 0 Å². The minimum Gasteiger partial charge on any atom is -0.469 e. The van der Waals surface area contributed by atoms with E-state index in [9.17, 15) is 0 Å². The average molecular weight is 238 g/mol. The van der Waals surface area contributed by atoms with Crippen molar-refractivity contribution >= 4 is 0 Å². The summed E-state index contributed by atoms with van der Waals surface area (Å²) < 4.78 is 10.7. The van der Waals surface area contributed by atoms with Gasteiger partial charge in [0.2, 0.25) is 0 Å². The molecule has 0 atom stereocenters. The van der Waals surface area contributed by atoms with Gasteiger partial charge in [0.05, 0.1) is 6.26 Å². The fourth-order valence-corrected chi connectivity index (χ4v) is 2.40. The Balaban J connectivity index is 1.88. The third-order valence-electron chi connectivity index (χ3n) is 3.48. The van der Waals surface area contributed by atoms with Crippen LogP contribution in [0.4, 0.5) is 0 Å². The molecule has 96 valence electrons. The zero-order valence-electron chi connectivity index (χ0n) is 10.7. The number of likely N-dealkylation sites (N-methyl/N-ethyl adjacent to an activating group) is 1. The highest BCUT2D eigenvalue weighted by Gasteiger charge is 2.29. The molecule has 1 aliphatic rings. The van der Waals surface area contributed by atoms with Crippen LogP contribution < -0.4 is 5.73 Å². The number of ether oxygens (including phenoxy) is 1. The standard InChI is InChI=1S/C13H22N2O2/c1-11-12(3-6-17-11)9-15(2)10-13(14)4-7-16-8-5-13/h3,6H,4-5,7-10,14H2,1-2H3. The quantitative estimate of drug-likeness (QED) is 0.864. The lowest BCUT2D eigenvalue weighted by molar-refractivity contribution is 0.0402. The number of hydrogen-bond acceptors (Lipinski definition) is 4. The Morgan fingerprint density at radius 2 is 2.12 bits per heavy atom. The molecule has 1 aromatic rings. The Bertz CT molecular complexity index is 356. The van der Waals surface area contributed by atoms with Gasteiger partial charge in [0.15, 0.2) is 0 Å². The molecule has 1 saturated heterocycles. The van der Waals surface area contributed by atoms with E-state index in [-0.39, 0.29) is 5.54 Å². The Labute approximate surface area is 103 Å². The first-order valence-corrected chi connectivity index (χ1v) is 6.17. The van der Waals surface area contributed by atoms with E-state index in [1.165, 1.54) is 5.56 Å². The van der Waals surface area contributed by atoms with Crippen molar-refractivity contribution in [3.63, 3.8) is 0 Å². The zero-order chi connectivity index (χ0) is 12.3. The molecule has 17 heavy (non-hydrogen) atoms. The minimum absolute atomic E-state index is 0.0926. The zero-order valence-corrected chi connectivity index (χ0v) is 10.7. The van der Waals surface area contributed by atoms with Gasteiger partial charge in [-0.3, -0.25) is 0 Å². The first kappa shape index (κ1) is 12.6. The van der Waals surface area contributed by atoms with Crippen LogP contribution in [0, 0.1) is 6.92 Å². The maximum Gasteiger partial charge on any atom is 0.105 e. The predicted octanol–water partition coefficient (Wildman–Crippen LogP) is 1.53. The molecule has 0 spiro atoms. The summed E-state index contributed by atoms with van der Waals surface area (Å²) in [4.78, 5) is 2.27. The van der Waals surface area contributed by atoms with Crippen LogP contribution in [0.3, 0.4) is 0 Å². The van der Waals surface area contributed by atoms with Crippen LogP contribution in [0.2, 0.25) is 0 Å². The van der Waals surface area contributed by atoms with Gasteiger partial charge in [-0.2, -0.15) is 0 Å². The smallest absolute Gasteiger partial charge is 0.105 e. The maximum atomic E-state index is 6.38. The second-order valence-electron chi connectivity index (χ2n) is 5.15. The molecule has 0 bridgehead atoms. The van der Waals surface area contributed by atoms with E-state index in [1.54, 1.807) is 6.26 Å². The first-order valence-electron chi connectivity index (χ1n) is 6.17. The molecule has 0 aliphatic carbocycles. The lowest BCUT2D eigenvalue weighted by Gasteiger charge is -2.36. The number of nitrogens with zero attached hydrogens (tertiary/aromatic N) is 1. The van der Waals surface area contributed by atoms with E-state index in [0.29, 0.717) is 0 Å². The minimum atomic E-state index is -0.0926. The molecule has 2 N–H and O–H groups in total. The molecule has 0 aromatic carbocycles. The van der Waals surface area contributed by atoms with E-state index in [0.717, 1.165) is 44.9 Å². The van der Waals surface area contributed by atoms with E-state index in [4.69, 9.17) is 14.9 Å². The molecule has 0 saturated carbocycles. The summed E-state index contributed by atoms with van der Waals surface area (Å²) in [5.74, 6) is 0.995. The molecule has 4 nitrogen and oxygen atoms in total. The molecular formula is C13H22N2O2. The molecule has 2 heterocycles. The van der Waals surface area contributed by atoms with Crippen molar-refractivity contribution in [3.05, 3.63) is 23.7 Å². The van der Waals surface area contributed by atoms with Crippen LogP contribution in [0.1, 0.15) is 24.2 Å². The summed E-state index contributed by atoms with van der Waals surface area (Å²) in [6.45, 7) is 5.36. The van der Waals surface area contributed by atoms with Gasteiger partial charge in [-0.15, -0.1) is 0 Å². The highest BCUT2D eigenvalue weighted by atomic mass is 16.5. The second-order valence-corrected chi connectivity index (χ2v) is 5.15. The van der Waals surface area contributed by atoms with Crippen LogP contribution in [-0.2, 0) is 11.3 Å². The van der Waals surface area contributed by atoms with Crippen molar-refractivity contribution in [3.8, 4) is 0 Å². The first-order chi connectivity index (χ1) is 8.09. The molecule has 1 aromatic heterocycles. The monoisotopic (exact) mass is 238 g/mol. The fraction of sp³-hybridized carbons (Fsp3) is 0.692. The number of furan rings is 1. The van der Waals surface area contributed by atoms with Gasteiger partial charge < -0.3 is 19.8 Å². The van der Waals surface area contributed by atoms with Gasteiger partial charge in [0.1, 0.15) is 5.76 Å². The SMILES string of the molecule is Cc1occc1CN(C)CC1(N)CCOCC1. The van der Waals surface area contributed by atoms with Gasteiger partial charge in [-0.1, -0.05) is 0 Å². The van der Waals surface area contributed by atoms with E-state index in [1.807, 2.05) is 13.0 Å². The lowest BCUT2D eigenvalue weighted by atomic mass is 9.91. The highest BCUT2D eigenvalue weighted by Crippen LogP contribution is 2.20. The Morgan fingerprint density at radius 3 is 2.71 bits per heavy atom. The van der Waals surface area contributed by atoms with E-state index >= 15 is 0 Å². The van der Waals surface area contributed by atoms with E-state index in [2.05, 4.69) is 11.9 Å². The molecule has 0 unspecified atom stereocenters. The summed E-state index contributed by atoms with van der Waals surface area (Å²) in [6.07, 6.45) is 3.63. The Kier molecular flexibility index (Phi) is 3.86. The van der Waals surface area contributed by atoms with Crippen LogP contribution in [-0.4, -0.2) is 37.2 Å². The molecule has 1 aliphatic heterocycles. The fourth-order valence-electron chi connectivity index (χ4n) is 2.40. The molecule has 0 amide bonds. The van der Waals surface area contributed by atoms with Gasteiger partial charge in [-0.05, 0) is 32.9 Å². The molecular weight excluding hydrogens is 216 g/mol. The number of aryl methyl sites for hydroxylation is 1. The van der Waals surface area contributed by atoms with Crippen molar-refractivity contribution in [2.75, 3.05) is 26.8 Å². The molecule has 4 heteroatoms. The van der Waals surface area contributed by atoms with Crippen molar-refractivity contribution < 1.29 is 9.15 Å². The maximum absolute atomic E-state index is 6.38. The predicted molar refractivity (Wildman–Crippen MR) is 66.8 cm³/mol. The van der Waals surface area contributed by atoms with Crippen molar-refractivity contribution in [1.82, 2.24) is 4.90 Å². The number of rotatable bonds is 4. The summed E-state index contributed by atoms with van der Waals surface area (Å²) in [7, 11) is 2.11. The normalized spacial score (nSPS) is 19.8. The summed E-state index contributed by atoms with van der Waals surface area (Å²) in [5.41, 5.74) is 7.53. The Morgan fingerprint density at radius 1 is 1.41 bits per heavy atom. The van der Waals surface area contributed by atoms with Crippen LogP contribution in [0.5, 0.6) is 0 Å². The molecule has 2 rings (SSSR count). The van der Waals surface area contributed by atoms with Gasteiger partial charge in [0.25, 0.3) is 0 Å². The Hall–Kier alpha value is -0.840. The second kappa shape index (κ2) is 5.21. The molecule has 1 fully saturated rings. The average Bonchev–Trinajstić information content (AvgIpc) is 2.64. The van der Waals surface area contributed by atoms with Gasteiger partial charge in [0, 0.05) is 37.4 Å². The van der Waals surface area contributed by atoms with Crippen LogP contribution in [0.15, 0.2) is 16.7 Å². The summed E-state index contributed by atoms with van der Waals surface area (Å²) >= 11 is 0. The van der Waals surface area contributed by atoms with Crippen LogP contribution >= 0.6 is 0 Å². The van der Waals surface area contributed by atoms with Crippen molar-refractivity contribution in [2.24, 2.45) is 5.73 Å². The molecule has 0 radical (unpaired) electrons. The van der Waals surface area contributed by atoms with E-state index < -0.39 is 0 Å². The van der Waals surface area contributed by atoms with Crippen molar-refractivity contribution in [2.45, 2.75) is 31.8 Å². The topological polar surface area (TPSA) is 51.6 Å². The largest absolute Gasteiger partial charge is 0.469 e.